The monoisotopic (exact) mass is 282 g/mol. The van der Waals surface area contributed by atoms with Crippen LogP contribution in [0.5, 0.6) is 0 Å². The third kappa shape index (κ3) is 2.04. The maximum absolute atomic E-state index is 11.7. The Labute approximate surface area is 111 Å². The summed E-state index contributed by atoms with van der Waals surface area (Å²) in [5.41, 5.74) is -1.48. The minimum atomic E-state index is -1.48. The lowest BCUT2D eigenvalue weighted by Crippen LogP contribution is -2.37. The topological polar surface area (TPSA) is 74.6 Å². The lowest BCUT2D eigenvalue weighted by molar-refractivity contribution is -0.148. The highest BCUT2D eigenvalue weighted by atomic mass is 32.1. The van der Waals surface area contributed by atoms with Gasteiger partial charge in [0.1, 0.15) is 5.41 Å². The van der Waals surface area contributed by atoms with Crippen LogP contribution in [0.3, 0.4) is 0 Å². The van der Waals surface area contributed by atoms with Gasteiger partial charge in [-0.1, -0.05) is 12.1 Å². The molecule has 6 heteroatoms. The molecule has 94 valence electrons. The summed E-state index contributed by atoms with van der Waals surface area (Å²) < 4.78 is 0. The number of hydrogen-bond donors (Lipinski definition) is 2. The van der Waals surface area contributed by atoms with Crippen LogP contribution in [0.1, 0.15) is 16.2 Å². The molecule has 2 N–H and O–H groups in total. The number of carboxylic acids is 2. The van der Waals surface area contributed by atoms with Gasteiger partial charge in [-0.2, -0.15) is 0 Å². The fraction of sp³-hybridized carbons (Fsp3) is 0.167. The highest BCUT2D eigenvalue weighted by Crippen LogP contribution is 2.41. The Bertz CT molecular complexity index is 508. The summed E-state index contributed by atoms with van der Waals surface area (Å²) in [5, 5.41) is 22.1. The van der Waals surface area contributed by atoms with Crippen molar-refractivity contribution in [1.82, 2.24) is 0 Å². The molecule has 0 unspecified atom stereocenters. The largest absolute Gasteiger partial charge is 0.481 e. The normalized spacial score (nSPS) is 11.3. The zero-order valence-corrected chi connectivity index (χ0v) is 10.8. The maximum Gasteiger partial charge on any atom is 0.320 e. The van der Waals surface area contributed by atoms with Crippen molar-refractivity contribution in [2.75, 3.05) is 0 Å². The third-order valence-corrected chi connectivity index (χ3v) is 4.73. The fourth-order valence-electron chi connectivity index (χ4n) is 1.85. The minimum Gasteiger partial charge on any atom is -0.481 e. The molecule has 0 aliphatic rings. The lowest BCUT2D eigenvalue weighted by atomic mass is 9.81. The van der Waals surface area contributed by atoms with E-state index in [-0.39, 0.29) is 0 Å². The highest BCUT2D eigenvalue weighted by molar-refractivity contribution is 7.12. The van der Waals surface area contributed by atoms with E-state index < -0.39 is 23.8 Å². The van der Waals surface area contributed by atoms with Gasteiger partial charge in [-0.3, -0.25) is 9.59 Å². The van der Waals surface area contributed by atoms with Gasteiger partial charge in [0.05, 0.1) is 6.42 Å². The standard InChI is InChI=1S/C12H10O4S2/c13-10(14)7-12(11(15)16,8-3-1-5-17-8)9-4-2-6-18-9/h1-6H,7H2,(H,13,14)(H,15,16). The Morgan fingerprint density at radius 2 is 1.56 bits per heavy atom. The van der Waals surface area contributed by atoms with Crippen LogP contribution in [-0.4, -0.2) is 22.2 Å². The van der Waals surface area contributed by atoms with Gasteiger partial charge in [0.25, 0.3) is 0 Å². The zero-order valence-electron chi connectivity index (χ0n) is 9.20. The molecule has 0 spiro atoms. The van der Waals surface area contributed by atoms with Crippen molar-refractivity contribution in [3.8, 4) is 0 Å². The number of thiophene rings is 2. The van der Waals surface area contributed by atoms with E-state index in [1.54, 1.807) is 35.0 Å². The first kappa shape index (κ1) is 12.8. The summed E-state index contributed by atoms with van der Waals surface area (Å²) in [7, 11) is 0. The first-order valence-corrected chi connectivity index (χ1v) is 6.86. The van der Waals surface area contributed by atoms with Crippen molar-refractivity contribution in [3.05, 3.63) is 44.8 Å². The van der Waals surface area contributed by atoms with Crippen LogP contribution in [-0.2, 0) is 15.0 Å². The van der Waals surface area contributed by atoms with Crippen LogP contribution in [0.4, 0.5) is 0 Å². The molecule has 0 aromatic carbocycles. The first-order valence-electron chi connectivity index (χ1n) is 5.10. The number of hydrogen-bond acceptors (Lipinski definition) is 4. The van der Waals surface area contributed by atoms with Gasteiger partial charge in [0.15, 0.2) is 0 Å². The van der Waals surface area contributed by atoms with Crippen LogP contribution in [0.25, 0.3) is 0 Å². The summed E-state index contributed by atoms with van der Waals surface area (Å²) in [5.74, 6) is -2.26. The average Bonchev–Trinajstić information content (AvgIpc) is 2.98. The van der Waals surface area contributed by atoms with Gasteiger partial charge in [0.2, 0.25) is 0 Å². The first-order chi connectivity index (χ1) is 8.57. The Morgan fingerprint density at radius 3 is 1.83 bits per heavy atom. The van der Waals surface area contributed by atoms with E-state index in [0.29, 0.717) is 9.75 Å². The molecule has 2 aromatic rings. The molecule has 0 fully saturated rings. The zero-order chi connectivity index (χ0) is 13.2. The summed E-state index contributed by atoms with van der Waals surface area (Å²) in [6, 6.07) is 6.79. The van der Waals surface area contributed by atoms with E-state index in [0.717, 1.165) is 0 Å². The third-order valence-electron chi connectivity index (χ3n) is 2.67. The van der Waals surface area contributed by atoms with Crippen LogP contribution < -0.4 is 0 Å². The van der Waals surface area contributed by atoms with Crippen LogP contribution in [0, 0.1) is 0 Å². The van der Waals surface area contributed by atoms with Crippen molar-refractivity contribution < 1.29 is 19.8 Å². The van der Waals surface area contributed by atoms with Crippen molar-refractivity contribution in [3.63, 3.8) is 0 Å². The van der Waals surface area contributed by atoms with Gasteiger partial charge in [-0.05, 0) is 22.9 Å². The molecule has 0 amide bonds. The Kier molecular flexibility index (Phi) is 3.49. The molecule has 2 heterocycles. The molecule has 0 bridgehead atoms. The predicted molar refractivity (Wildman–Crippen MR) is 69.3 cm³/mol. The fourth-order valence-corrected chi connectivity index (χ4v) is 3.78. The number of aliphatic carboxylic acids is 2. The maximum atomic E-state index is 11.7. The van der Waals surface area contributed by atoms with Gasteiger partial charge >= 0.3 is 11.9 Å². The van der Waals surface area contributed by atoms with Gasteiger partial charge in [0, 0.05) is 9.75 Å². The molecule has 2 rings (SSSR count). The number of carbonyl (C=O) groups is 2. The highest BCUT2D eigenvalue weighted by Gasteiger charge is 2.46. The molecule has 0 saturated heterocycles. The van der Waals surface area contributed by atoms with E-state index in [9.17, 15) is 14.7 Å². The molecular formula is C12H10O4S2. The van der Waals surface area contributed by atoms with Crippen LogP contribution in [0.15, 0.2) is 35.0 Å². The van der Waals surface area contributed by atoms with Gasteiger partial charge < -0.3 is 10.2 Å². The molecule has 0 aliphatic heterocycles. The summed E-state index contributed by atoms with van der Waals surface area (Å²) in [6.45, 7) is 0. The Hall–Kier alpha value is -1.66. The van der Waals surface area contributed by atoms with Gasteiger partial charge in [-0.25, -0.2) is 0 Å². The molecule has 0 saturated carbocycles. The second-order valence-electron chi connectivity index (χ2n) is 3.74. The predicted octanol–water partition coefficient (Wildman–Crippen LogP) is 2.66. The lowest BCUT2D eigenvalue weighted by Gasteiger charge is -2.25. The van der Waals surface area contributed by atoms with Gasteiger partial charge in [-0.15, -0.1) is 22.7 Å². The molecule has 0 aliphatic carbocycles. The molecule has 0 atom stereocenters. The van der Waals surface area contributed by atoms with Crippen molar-refractivity contribution >= 4 is 34.6 Å². The smallest absolute Gasteiger partial charge is 0.320 e. The quantitative estimate of drug-likeness (QED) is 0.884. The van der Waals surface area contributed by atoms with E-state index in [1.165, 1.54) is 22.7 Å². The molecule has 0 radical (unpaired) electrons. The van der Waals surface area contributed by atoms with Crippen molar-refractivity contribution in [2.45, 2.75) is 11.8 Å². The number of rotatable bonds is 5. The Morgan fingerprint density at radius 1 is 1.06 bits per heavy atom. The van der Waals surface area contributed by atoms with Crippen molar-refractivity contribution in [1.29, 1.82) is 0 Å². The van der Waals surface area contributed by atoms with E-state index >= 15 is 0 Å². The van der Waals surface area contributed by atoms with Crippen LogP contribution in [0.2, 0.25) is 0 Å². The SMILES string of the molecule is O=C(O)CC(C(=O)O)(c1cccs1)c1cccs1. The van der Waals surface area contributed by atoms with E-state index in [1.807, 2.05) is 0 Å². The summed E-state index contributed by atoms with van der Waals surface area (Å²) in [4.78, 5) is 23.8. The summed E-state index contributed by atoms with van der Waals surface area (Å²) in [6.07, 6.45) is -0.455. The molecule has 18 heavy (non-hydrogen) atoms. The average molecular weight is 282 g/mol. The second-order valence-corrected chi connectivity index (χ2v) is 5.63. The molecule has 4 nitrogen and oxygen atoms in total. The number of carboxylic acid groups (broad SMARTS) is 2. The van der Waals surface area contributed by atoms with Crippen LogP contribution >= 0.6 is 22.7 Å². The summed E-state index contributed by atoms with van der Waals surface area (Å²) >= 11 is 2.52. The minimum absolute atomic E-state index is 0.455. The molecular weight excluding hydrogens is 272 g/mol. The van der Waals surface area contributed by atoms with Crippen molar-refractivity contribution in [2.24, 2.45) is 0 Å². The van der Waals surface area contributed by atoms with E-state index in [4.69, 9.17) is 5.11 Å². The van der Waals surface area contributed by atoms with E-state index in [2.05, 4.69) is 0 Å². The second kappa shape index (κ2) is 4.91. The Balaban J connectivity index is 2.63. The molecule has 2 aromatic heterocycles.